The Kier molecular flexibility index (Phi) is 3.34. The molecule has 1 nitrogen and oxygen atoms in total. The molecule has 0 aromatic heterocycles. The van der Waals surface area contributed by atoms with Crippen molar-refractivity contribution < 1.29 is 5.11 Å². The summed E-state index contributed by atoms with van der Waals surface area (Å²) in [5.74, 6) is 0. The van der Waals surface area contributed by atoms with Crippen molar-refractivity contribution in [3.8, 4) is 0 Å². The van der Waals surface area contributed by atoms with Crippen LogP contribution >= 0.6 is 0 Å². The number of rotatable bonds is 3. The van der Waals surface area contributed by atoms with Crippen LogP contribution in [0, 0.1) is 5.41 Å². The highest BCUT2D eigenvalue weighted by molar-refractivity contribution is 5.33. The Morgan fingerprint density at radius 3 is 2.88 bits per heavy atom. The van der Waals surface area contributed by atoms with E-state index in [1.165, 1.54) is 18.4 Å². The SMILES string of the molecule is CCCC[C@]1(C)CCc2ccccc2[C@H]1O. The molecule has 0 saturated carbocycles. The Labute approximate surface area is 98.5 Å². The summed E-state index contributed by atoms with van der Waals surface area (Å²) in [5, 5.41) is 10.5. The topological polar surface area (TPSA) is 20.2 Å². The first-order valence-electron chi connectivity index (χ1n) is 6.43. The molecule has 1 heteroatoms. The third-order valence-electron chi connectivity index (χ3n) is 4.08. The number of hydrogen-bond donors (Lipinski definition) is 1. The lowest BCUT2D eigenvalue weighted by Crippen LogP contribution is -2.31. The molecule has 0 fully saturated rings. The second-order valence-corrected chi connectivity index (χ2v) is 5.36. The second kappa shape index (κ2) is 4.58. The maximum Gasteiger partial charge on any atom is 0.0846 e. The zero-order chi connectivity index (χ0) is 11.6. The Hall–Kier alpha value is -0.820. The van der Waals surface area contributed by atoms with Crippen molar-refractivity contribution in [1.82, 2.24) is 0 Å². The maximum absolute atomic E-state index is 10.5. The van der Waals surface area contributed by atoms with Gasteiger partial charge < -0.3 is 5.11 Å². The molecule has 16 heavy (non-hydrogen) atoms. The predicted molar refractivity (Wildman–Crippen MR) is 67.4 cm³/mol. The van der Waals surface area contributed by atoms with Crippen LogP contribution in [-0.2, 0) is 6.42 Å². The highest BCUT2D eigenvalue weighted by atomic mass is 16.3. The second-order valence-electron chi connectivity index (χ2n) is 5.36. The summed E-state index contributed by atoms with van der Waals surface area (Å²) in [6, 6.07) is 8.34. The molecule has 0 unspecified atom stereocenters. The smallest absolute Gasteiger partial charge is 0.0846 e. The molecule has 1 aliphatic carbocycles. The van der Waals surface area contributed by atoms with Gasteiger partial charge in [0.15, 0.2) is 0 Å². The van der Waals surface area contributed by atoms with Gasteiger partial charge in [0.2, 0.25) is 0 Å². The summed E-state index contributed by atoms with van der Waals surface area (Å²) >= 11 is 0. The van der Waals surface area contributed by atoms with Crippen LogP contribution in [0.5, 0.6) is 0 Å². The molecule has 2 atom stereocenters. The fraction of sp³-hybridized carbons (Fsp3) is 0.600. The molecule has 1 aromatic rings. The van der Waals surface area contributed by atoms with E-state index in [-0.39, 0.29) is 11.5 Å². The van der Waals surface area contributed by atoms with Gasteiger partial charge in [-0.05, 0) is 35.8 Å². The van der Waals surface area contributed by atoms with E-state index < -0.39 is 0 Å². The lowest BCUT2D eigenvalue weighted by Gasteiger charge is -2.40. The predicted octanol–water partition coefficient (Wildman–Crippen LogP) is 3.86. The standard InChI is InChI=1S/C15H22O/c1-3-4-10-15(2)11-9-12-7-5-6-8-13(12)14(15)16/h5-8,14,16H,3-4,9-11H2,1-2H3/t14-,15-/m1/s1. The Bertz CT molecular complexity index is 358. The van der Waals surface area contributed by atoms with Gasteiger partial charge in [0.1, 0.15) is 0 Å². The number of aliphatic hydroxyl groups is 1. The third-order valence-corrected chi connectivity index (χ3v) is 4.08. The number of aliphatic hydroxyl groups excluding tert-OH is 1. The van der Waals surface area contributed by atoms with Crippen LogP contribution < -0.4 is 0 Å². The molecule has 0 radical (unpaired) electrons. The molecule has 0 aliphatic heterocycles. The van der Waals surface area contributed by atoms with Crippen molar-refractivity contribution in [3.05, 3.63) is 35.4 Å². The van der Waals surface area contributed by atoms with E-state index in [9.17, 15) is 5.11 Å². The Morgan fingerprint density at radius 1 is 1.38 bits per heavy atom. The summed E-state index contributed by atoms with van der Waals surface area (Å²) < 4.78 is 0. The van der Waals surface area contributed by atoms with Gasteiger partial charge in [0.05, 0.1) is 6.10 Å². The molecule has 88 valence electrons. The number of unbranched alkanes of at least 4 members (excludes halogenated alkanes) is 1. The molecule has 1 aliphatic rings. The van der Waals surface area contributed by atoms with E-state index in [4.69, 9.17) is 0 Å². The largest absolute Gasteiger partial charge is 0.388 e. The van der Waals surface area contributed by atoms with Crippen molar-refractivity contribution in [3.63, 3.8) is 0 Å². The zero-order valence-electron chi connectivity index (χ0n) is 10.4. The number of hydrogen-bond acceptors (Lipinski definition) is 1. The van der Waals surface area contributed by atoms with Crippen LogP contribution in [0.25, 0.3) is 0 Å². The van der Waals surface area contributed by atoms with Gasteiger partial charge in [-0.15, -0.1) is 0 Å². The van der Waals surface area contributed by atoms with Gasteiger partial charge in [-0.3, -0.25) is 0 Å². The average Bonchev–Trinajstić information content (AvgIpc) is 2.32. The molecule has 1 aromatic carbocycles. The number of benzene rings is 1. The van der Waals surface area contributed by atoms with Gasteiger partial charge in [-0.1, -0.05) is 51.0 Å². The van der Waals surface area contributed by atoms with Gasteiger partial charge >= 0.3 is 0 Å². The van der Waals surface area contributed by atoms with Gasteiger partial charge in [0.25, 0.3) is 0 Å². The maximum atomic E-state index is 10.5. The highest BCUT2D eigenvalue weighted by Gasteiger charge is 2.37. The van der Waals surface area contributed by atoms with Crippen LogP contribution in [-0.4, -0.2) is 5.11 Å². The summed E-state index contributed by atoms with van der Waals surface area (Å²) in [6.07, 6.45) is 5.53. The molecule has 1 N–H and O–H groups in total. The quantitative estimate of drug-likeness (QED) is 0.816. The minimum atomic E-state index is -0.274. The molecule has 0 saturated heterocycles. The van der Waals surface area contributed by atoms with Gasteiger partial charge in [0, 0.05) is 0 Å². The monoisotopic (exact) mass is 218 g/mol. The van der Waals surface area contributed by atoms with E-state index >= 15 is 0 Å². The molecule has 0 bridgehead atoms. The van der Waals surface area contributed by atoms with E-state index in [1.54, 1.807) is 0 Å². The summed E-state index contributed by atoms with van der Waals surface area (Å²) in [5.41, 5.74) is 2.58. The normalized spacial score (nSPS) is 28.8. The van der Waals surface area contributed by atoms with Crippen LogP contribution in [0.1, 0.15) is 56.8 Å². The molecular formula is C15H22O. The molecule has 2 rings (SSSR count). The first-order valence-corrected chi connectivity index (χ1v) is 6.43. The Balaban J connectivity index is 2.23. The van der Waals surface area contributed by atoms with Crippen molar-refractivity contribution in [2.75, 3.05) is 0 Å². The molecular weight excluding hydrogens is 196 g/mol. The molecule has 0 amide bonds. The third kappa shape index (κ3) is 2.01. The Morgan fingerprint density at radius 2 is 2.12 bits per heavy atom. The minimum absolute atomic E-state index is 0.0877. The van der Waals surface area contributed by atoms with Crippen molar-refractivity contribution >= 4 is 0 Å². The van der Waals surface area contributed by atoms with Gasteiger partial charge in [-0.2, -0.15) is 0 Å². The lowest BCUT2D eigenvalue weighted by molar-refractivity contribution is 0.0123. The van der Waals surface area contributed by atoms with E-state index in [0.29, 0.717) is 0 Å². The lowest BCUT2D eigenvalue weighted by atomic mass is 9.68. The first-order chi connectivity index (χ1) is 7.67. The highest BCUT2D eigenvalue weighted by Crippen LogP contribution is 2.46. The zero-order valence-corrected chi connectivity index (χ0v) is 10.4. The van der Waals surface area contributed by atoms with E-state index in [1.807, 2.05) is 6.07 Å². The minimum Gasteiger partial charge on any atom is -0.388 e. The van der Waals surface area contributed by atoms with Crippen molar-refractivity contribution in [2.24, 2.45) is 5.41 Å². The van der Waals surface area contributed by atoms with E-state index in [2.05, 4.69) is 32.0 Å². The fourth-order valence-electron chi connectivity index (χ4n) is 2.80. The van der Waals surface area contributed by atoms with Crippen molar-refractivity contribution in [2.45, 2.75) is 52.1 Å². The van der Waals surface area contributed by atoms with Crippen LogP contribution in [0.15, 0.2) is 24.3 Å². The number of fused-ring (bicyclic) bond motifs is 1. The van der Waals surface area contributed by atoms with Crippen LogP contribution in [0.3, 0.4) is 0 Å². The summed E-state index contributed by atoms with van der Waals surface area (Å²) in [6.45, 7) is 4.45. The summed E-state index contributed by atoms with van der Waals surface area (Å²) in [4.78, 5) is 0. The van der Waals surface area contributed by atoms with Crippen molar-refractivity contribution in [1.29, 1.82) is 0 Å². The van der Waals surface area contributed by atoms with Gasteiger partial charge in [-0.25, -0.2) is 0 Å². The van der Waals surface area contributed by atoms with E-state index in [0.717, 1.165) is 24.8 Å². The fourth-order valence-corrected chi connectivity index (χ4v) is 2.80. The van der Waals surface area contributed by atoms with Crippen LogP contribution in [0.2, 0.25) is 0 Å². The molecule has 0 spiro atoms. The average molecular weight is 218 g/mol. The number of aryl methyl sites for hydroxylation is 1. The molecule has 0 heterocycles. The summed E-state index contributed by atoms with van der Waals surface area (Å²) in [7, 11) is 0. The first kappa shape index (κ1) is 11.7. The van der Waals surface area contributed by atoms with Crippen LogP contribution in [0.4, 0.5) is 0 Å².